The predicted molar refractivity (Wildman–Crippen MR) is 90.3 cm³/mol. The van der Waals surface area contributed by atoms with Crippen molar-refractivity contribution in [1.29, 1.82) is 0 Å². The van der Waals surface area contributed by atoms with Gasteiger partial charge in [0.15, 0.2) is 0 Å². The number of hydrogen-bond acceptors (Lipinski definition) is 4. The molecule has 0 atom stereocenters. The summed E-state index contributed by atoms with van der Waals surface area (Å²) in [5.74, 6) is 0.764. The van der Waals surface area contributed by atoms with Crippen LogP contribution in [0.1, 0.15) is 26.7 Å². The highest BCUT2D eigenvalue weighted by molar-refractivity contribution is 7.18. The Balaban J connectivity index is 1.85. The first-order valence-electron chi connectivity index (χ1n) is 7.45. The van der Waals surface area contributed by atoms with Crippen molar-refractivity contribution in [1.82, 2.24) is 10.2 Å². The van der Waals surface area contributed by atoms with Gasteiger partial charge in [-0.25, -0.2) is 0 Å². The largest absolute Gasteiger partial charge is 0.286 e. The lowest BCUT2D eigenvalue weighted by Crippen LogP contribution is -2.35. The second-order valence-electron chi connectivity index (χ2n) is 6.01. The fraction of sp³-hybridized carbons (Fsp3) is 0.438. The lowest BCUT2D eigenvalue weighted by molar-refractivity contribution is -0.119. The van der Waals surface area contributed by atoms with Gasteiger partial charge in [0.2, 0.25) is 11.0 Å². The van der Waals surface area contributed by atoms with Gasteiger partial charge in [-0.05, 0) is 30.9 Å². The highest BCUT2D eigenvalue weighted by Gasteiger charge is 2.35. The molecule has 4 nitrogen and oxygen atoms in total. The summed E-state index contributed by atoms with van der Waals surface area (Å²) < 4.78 is 0. The van der Waals surface area contributed by atoms with E-state index in [-0.39, 0.29) is 11.8 Å². The molecule has 0 radical (unpaired) electrons. The van der Waals surface area contributed by atoms with E-state index in [1.165, 1.54) is 11.3 Å². The Morgan fingerprint density at radius 2 is 2.00 bits per heavy atom. The third-order valence-corrected chi connectivity index (χ3v) is 4.72. The molecule has 0 bridgehead atoms. The second kappa shape index (κ2) is 6.34. The molecule has 0 aliphatic heterocycles. The van der Waals surface area contributed by atoms with Crippen LogP contribution in [0.2, 0.25) is 5.02 Å². The minimum atomic E-state index is 0.182. The van der Waals surface area contributed by atoms with E-state index < -0.39 is 0 Å². The van der Waals surface area contributed by atoms with Gasteiger partial charge < -0.3 is 0 Å². The van der Waals surface area contributed by atoms with Crippen LogP contribution in [0.5, 0.6) is 0 Å². The summed E-state index contributed by atoms with van der Waals surface area (Å²) in [6.45, 7) is 4.90. The van der Waals surface area contributed by atoms with Gasteiger partial charge in [0.25, 0.3) is 0 Å². The number of carbonyl (C=O) groups is 1. The van der Waals surface area contributed by atoms with Crippen molar-refractivity contribution >= 4 is 34.0 Å². The molecule has 6 heteroatoms. The van der Waals surface area contributed by atoms with Crippen LogP contribution >= 0.6 is 22.9 Å². The molecule has 0 saturated heterocycles. The average Bonchev–Trinajstić information content (AvgIpc) is 3.23. The monoisotopic (exact) mass is 335 g/mol. The molecule has 1 heterocycles. The van der Waals surface area contributed by atoms with Gasteiger partial charge in [0.1, 0.15) is 5.01 Å². The molecule has 116 valence electrons. The number of carbonyl (C=O) groups excluding carboxylic acids is 1. The Bertz CT molecular complexity index is 664. The summed E-state index contributed by atoms with van der Waals surface area (Å²) in [7, 11) is 0. The quantitative estimate of drug-likeness (QED) is 0.820. The van der Waals surface area contributed by atoms with E-state index in [4.69, 9.17) is 11.6 Å². The molecular formula is C16H18ClN3OS. The Morgan fingerprint density at radius 3 is 2.59 bits per heavy atom. The van der Waals surface area contributed by atoms with Crippen molar-refractivity contribution < 1.29 is 4.79 Å². The molecule has 0 N–H and O–H groups in total. The molecule has 0 spiro atoms. The van der Waals surface area contributed by atoms with Crippen molar-refractivity contribution in [3.05, 3.63) is 29.3 Å². The summed E-state index contributed by atoms with van der Waals surface area (Å²) >= 11 is 7.37. The maximum Gasteiger partial charge on any atom is 0.231 e. The van der Waals surface area contributed by atoms with Crippen molar-refractivity contribution in [3.8, 4) is 10.6 Å². The van der Waals surface area contributed by atoms with E-state index in [1.807, 2.05) is 24.3 Å². The fourth-order valence-corrected chi connectivity index (χ4v) is 3.20. The normalized spacial score (nSPS) is 14.4. The molecule has 1 amide bonds. The molecule has 1 aromatic carbocycles. The Hall–Kier alpha value is -1.46. The van der Waals surface area contributed by atoms with Crippen molar-refractivity contribution in [3.63, 3.8) is 0 Å². The maximum absolute atomic E-state index is 12.5. The average molecular weight is 336 g/mol. The molecule has 3 rings (SSSR count). The molecule has 22 heavy (non-hydrogen) atoms. The molecule has 2 aromatic rings. The zero-order chi connectivity index (χ0) is 15.7. The molecule has 0 unspecified atom stereocenters. The molecule has 1 fully saturated rings. The summed E-state index contributed by atoms with van der Waals surface area (Å²) in [6, 6.07) is 7.50. The van der Waals surface area contributed by atoms with E-state index in [0.29, 0.717) is 22.6 Å². The van der Waals surface area contributed by atoms with Crippen molar-refractivity contribution in [2.45, 2.75) is 26.7 Å². The Kier molecular flexibility index (Phi) is 4.45. The number of anilines is 1. The van der Waals surface area contributed by atoms with E-state index in [2.05, 4.69) is 24.0 Å². The van der Waals surface area contributed by atoms with E-state index in [0.717, 1.165) is 23.4 Å². The highest BCUT2D eigenvalue weighted by Crippen LogP contribution is 2.35. The maximum atomic E-state index is 12.5. The van der Waals surface area contributed by atoms with Crippen LogP contribution in [0.25, 0.3) is 10.6 Å². The molecule has 1 aliphatic rings. The fourth-order valence-electron chi connectivity index (χ4n) is 2.21. The number of nitrogens with zero attached hydrogens (tertiary/aromatic N) is 3. The molecule has 1 aromatic heterocycles. The van der Waals surface area contributed by atoms with Gasteiger partial charge in [-0.3, -0.25) is 9.69 Å². The first kappa shape index (κ1) is 15.4. The standard InChI is InChI=1S/C16H18ClN3OS/c1-10(2)9-20(15(21)12-3-4-12)16-19-18-14(22-16)11-5-7-13(17)8-6-11/h5-8,10,12H,3-4,9H2,1-2H3. The Labute approximate surface area is 139 Å². The van der Waals surface area contributed by atoms with Crippen LogP contribution in [-0.2, 0) is 4.79 Å². The molecular weight excluding hydrogens is 318 g/mol. The topological polar surface area (TPSA) is 46.1 Å². The van der Waals surface area contributed by atoms with Crippen LogP contribution in [0.3, 0.4) is 0 Å². The van der Waals surface area contributed by atoms with E-state index in [1.54, 1.807) is 4.90 Å². The first-order chi connectivity index (χ1) is 10.5. The third kappa shape index (κ3) is 3.47. The summed E-state index contributed by atoms with van der Waals surface area (Å²) in [4.78, 5) is 14.3. The number of amides is 1. The van der Waals surface area contributed by atoms with Gasteiger partial charge in [-0.1, -0.05) is 48.9 Å². The zero-order valence-corrected chi connectivity index (χ0v) is 14.2. The summed E-state index contributed by atoms with van der Waals surface area (Å²) in [6.07, 6.45) is 1.99. The van der Waals surface area contributed by atoms with Gasteiger partial charge in [-0.2, -0.15) is 0 Å². The number of halogens is 1. The van der Waals surface area contributed by atoms with Crippen molar-refractivity contribution in [2.24, 2.45) is 11.8 Å². The van der Waals surface area contributed by atoms with Gasteiger partial charge in [-0.15, -0.1) is 10.2 Å². The van der Waals surface area contributed by atoms with Gasteiger partial charge >= 0.3 is 0 Å². The van der Waals surface area contributed by atoms with E-state index in [9.17, 15) is 4.79 Å². The Morgan fingerprint density at radius 1 is 1.32 bits per heavy atom. The number of aromatic nitrogens is 2. The smallest absolute Gasteiger partial charge is 0.231 e. The molecule has 1 aliphatic carbocycles. The SMILES string of the molecule is CC(C)CN(C(=O)C1CC1)c1nnc(-c2ccc(Cl)cc2)s1. The zero-order valence-electron chi connectivity index (χ0n) is 12.6. The van der Waals surface area contributed by atoms with Crippen molar-refractivity contribution in [2.75, 3.05) is 11.4 Å². The van der Waals surface area contributed by atoms with Gasteiger partial charge in [0.05, 0.1) is 0 Å². The third-order valence-electron chi connectivity index (χ3n) is 3.48. The summed E-state index contributed by atoms with van der Waals surface area (Å²) in [5.41, 5.74) is 0.969. The first-order valence-corrected chi connectivity index (χ1v) is 8.65. The minimum absolute atomic E-state index is 0.182. The van der Waals surface area contributed by atoms with Crippen LogP contribution in [0.4, 0.5) is 5.13 Å². The van der Waals surface area contributed by atoms with Crippen LogP contribution in [0.15, 0.2) is 24.3 Å². The predicted octanol–water partition coefficient (Wildman–Crippen LogP) is 4.26. The summed E-state index contributed by atoms with van der Waals surface area (Å²) in [5, 5.41) is 10.7. The minimum Gasteiger partial charge on any atom is -0.286 e. The highest BCUT2D eigenvalue weighted by atomic mass is 35.5. The van der Waals surface area contributed by atoms with Gasteiger partial charge in [0, 0.05) is 23.0 Å². The lowest BCUT2D eigenvalue weighted by atomic mass is 10.2. The van der Waals surface area contributed by atoms with Crippen LogP contribution in [-0.4, -0.2) is 22.6 Å². The second-order valence-corrected chi connectivity index (χ2v) is 7.41. The lowest BCUT2D eigenvalue weighted by Gasteiger charge is -2.21. The molecule has 1 saturated carbocycles. The number of rotatable bonds is 5. The number of benzene rings is 1. The van der Waals surface area contributed by atoms with Crippen LogP contribution in [0, 0.1) is 11.8 Å². The van der Waals surface area contributed by atoms with Crippen LogP contribution < -0.4 is 4.90 Å². The van der Waals surface area contributed by atoms with E-state index >= 15 is 0 Å². The number of hydrogen-bond donors (Lipinski definition) is 0.